The number of carbonyl (C=O) groups is 1. The summed E-state index contributed by atoms with van der Waals surface area (Å²) in [6.45, 7) is 2.58. The monoisotopic (exact) mass is 301 g/mol. The smallest absolute Gasteiger partial charge is 0.261 e. The van der Waals surface area contributed by atoms with Gasteiger partial charge in [-0.15, -0.1) is 0 Å². The molecule has 20 heavy (non-hydrogen) atoms. The van der Waals surface area contributed by atoms with Crippen molar-refractivity contribution in [3.63, 3.8) is 0 Å². The van der Waals surface area contributed by atoms with Crippen molar-refractivity contribution in [1.82, 2.24) is 5.32 Å². The van der Waals surface area contributed by atoms with Crippen molar-refractivity contribution >= 4 is 16.0 Å². The van der Waals surface area contributed by atoms with Crippen molar-refractivity contribution < 1.29 is 22.9 Å². The van der Waals surface area contributed by atoms with Gasteiger partial charge in [0, 0.05) is 12.1 Å². The molecule has 1 aromatic rings. The third kappa shape index (κ3) is 4.92. The molecule has 112 valence electrons. The molecule has 2 rings (SSSR count). The standard InChI is InChI=1S/C12H15NO2.CH4O3S/c1-2-4-11(14)8-5-3-6-9-10(8)7-13-12(9)15;1-5(2,3)4/h3,5-6,11,14H,2,4,7H2,1H3,(H,13,15);1H3,(H,2,3,4). The fourth-order valence-electron chi connectivity index (χ4n) is 2.02. The molecule has 0 saturated heterocycles. The largest absolute Gasteiger partial charge is 0.388 e. The van der Waals surface area contributed by atoms with Crippen LogP contribution in [0.2, 0.25) is 0 Å². The summed E-state index contributed by atoms with van der Waals surface area (Å²) in [5, 5.41) is 12.7. The van der Waals surface area contributed by atoms with Crippen LogP contribution in [0.15, 0.2) is 18.2 Å². The van der Waals surface area contributed by atoms with E-state index in [4.69, 9.17) is 4.55 Å². The van der Waals surface area contributed by atoms with Crippen molar-refractivity contribution in [3.05, 3.63) is 34.9 Å². The minimum Gasteiger partial charge on any atom is -0.388 e. The van der Waals surface area contributed by atoms with Crippen LogP contribution in [0, 0.1) is 0 Å². The Morgan fingerprint density at radius 2 is 2.00 bits per heavy atom. The SMILES string of the molecule is CCCC(O)c1cccc2c1CNC2=O.CS(=O)(=O)O. The van der Waals surface area contributed by atoms with Gasteiger partial charge in [-0.25, -0.2) is 0 Å². The highest BCUT2D eigenvalue weighted by molar-refractivity contribution is 7.85. The molecule has 6 nitrogen and oxygen atoms in total. The minimum atomic E-state index is -3.67. The summed E-state index contributed by atoms with van der Waals surface area (Å²) >= 11 is 0. The third-order valence-corrected chi connectivity index (χ3v) is 2.80. The second-order valence-electron chi connectivity index (χ2n) is 4.59. The van der Waals surface area contributed by atoms with Crippen LogP contribution in [0.1, 0.15) is 47.4 Å². The topological polar surface area (TPSA) is 104 Å². The molecule has 7 heteroatoms. The molecule has 0 saturated carbocycles. The second kappa shape index (κ2) is 6.83. The van der Waals surface area contributed by atoms with E-state index >= 15 is 0 Å². The van der Waals surface area contributed by atoms with Gasteiger partial charge in [-0.3, -0.25) is 9.35 Å². The Balaban J connectivity index is 0.000000347. The van der Waals surface area contributed by atoms with Crippen LogP contribution in [0.25, 0.3) is 0 Å². The first-order valence-corrected chi connectivity index (χ1v) is 8.09. The van der Waals surface area contributed by atoms with E-state index in [1.54, 1.807) is 6.07 Å². The lowest BCUT2D eigenvalue weighted by atomic mass is 9.97. The highest BCUT2D eigenvalue weighted by atomic mass is 32.2. The molecule has 0 radical (unpaired) electrons. The number of benzene rings is 1. The summed E-state index contributed by atoms with van der Waals surface area (Å²) in [5.41, 5.74) is 2.57. The molecule has 3 N–H and O–H groups in total. The van der Waals surface area contributed by atoms with E-state index in [0.29, 0.717) is 18.4 Å². The number of aliphatic hydroxyl groups is 1. The maximum Gasteiger partial charge on any atom is 0.261 e. The van der Waals surface area contributed by atoms with Gasteiger partial charge in [0.25, 0.3) is 16.0 Å². The number of fused-ring (bicyclic) bond motifs is 1. The van der Waals surface area contributed by atoms with Crippen LogP contribution >= 0.6 is 0 Å². The van der Waals surface area contributed by atoms with Crippen molar-refractivity contribution in [2.75, 3.05) is 6.26 Å². The zero-order valence-electron chi connectivity index (χ0n) is 11.5. The van der Waals surface area contributed by atoms with E-state index in [1.165, 1.54) is 0 Å². The molecule has 0 fully saturated rings. The van der Waals surface area contributed by atoms with Gasteiger partial charge in [-0.1, -0.05) is 25.5 Å². The number of aliphatic hydroxyl groups excluding tert-OH is 1. The lowest BCUT2D eigenvalue weighted by molar-refractivity contribution is 0.0965. The number of rotatable bonds is 3. The fourth-order valence-corrected chi connectivity index (χ4v) is 2.02. The van der Waals surface area contributed by atoms with Gasteiger partial charge < -0.3 is 10.4 Å². The minimum absolute atomic E-state index is 0.0319. The predicted molar refractivity (Wildman–Crippen MR) is 75.0 cm³/mol. The maximum atomic E-state index is 11.4. The Morgan fingerprint density at radius 1 is 1.40 bits per heavy atom. The van der Waals surface area contributed by atoms with Gasteiger partial charge in [0.2, 0.25) is 0 Å². The van der Waals surface area contributed by atoms with E-state index in [2.05, 4.69) is 5.32 Å². The fraction of sp³-hybridized carbons (Fsp3) is 0.462. The lowest BCUT2D eigenvalue weighted by Gasteiger charge is -2.13. The Kier molecular flexibility index (Phi) is 5.67. The second-order valence-corrected chi connectivity index (χ2v) is 6.06. The van der Waals surface area contributed by atoms with E-state index < -0.39 is 16.2 Å². The van der Waals surface area contributed by atoms with E-state index in [9.17, 15) is 18.3 Å². The quantitative estimate of drug-likeness (QED) is 0.729. The number of hydrogen-bond acceptors (Lipinski definition) is 4. The summed E-state index contributed by atoms with van der Waals surface area (Å²) < 4.78 is 25.9. The lowest BCUT2D eigenvalue weighted by Crippen LogP contribution is -2.12. The maximum absolute atomic E-state index is 11.4. The van der Waals surface area contributed by atoms with E-state index in [1.807, 2.05) is 19.1 Å². The number of carbonyl (C=O) groups excluding carboxylic acids is 1. The van der Waals surface area contributed by atoms with E-state index in [0.717, 1.165) is 24.0 Å². The highest BCUT2D eigenvalue weighted by Crippen LogP contribution is 2.27. The average Bonchev–Trinajstić information content (AvgIpc) is 2.69. The van der Waals surface area contributed by atoms with Crippen molar-refractivity contribution in [2.45, 2.75) is 32.4 Å². The van der Waals surface area contributed by atoms with Gasteiger partial charge in [0.1, 0.15) is 0 Å². The molecule has 0 spiro atoms. The van der Waals surface area contributed by atoms with Crippen LogP contribution in [0.3, 0.4) is 0 Å². The van der Waals surface area contributed by atoms with Crippen LogP contribution in [-0.2, 0) is 16.7 Å². The molecule has 1 atom stereocenters. The summed E-state index contributed by atoms with van der Waals surface area (Å²) in [5.74, 6) is -0.0319. The molecule has 1 aliphatic rings. The zero-order chi connectivity index (χ0) is 15.3. The molecule has 1 aliphatic heterocycles. The molecule has 0 bridgehead atoms. The Morgan fingerprint density at radius 3 is 2.55 bits per heavy atom. The first-order chi connectivity index (χ1) is 9.24. The van der Waals surface area contributed by atoms with Gasteiger partial charge >= 0.3 is 0 Å². The molecule has 0 aliphatic carbocycles. The Hall–Kier alpha value is -1.44. The summed E-state index contributed by atoms with van der Waals surface area (Å²) in [6, 6.07) is 5.54. The molecule has 1 unspecified atom stereocenters. The van der Waals surface area contributed by atoms with Gasteiger partial charge in [-0.05, 0) is 23.6 Å². The molecule has 1 amide bonds. The molecule has 1 aromatic carbocycles. The van der Waals surface area contributed by atoms with Gasteiger partial charge in [0.15, 0.2) is 0 Å². The number of nitrogens with one attached hydrogen (secondary N) is 1. The van der Waals surface area contributed by atoms with Crippen LogP contribution in [0.5, 0.6) is 0 Å². The van der Waals surface area contributed by atoms with Crippen molar-refractivity contribution in [3.8, 4) is 0 Å². The Bertz CT molecular complexity index is 574. The number of hydrogen-bond donors (Lipinski definition) is 3. The summed E-state index contributed by atoms with van der Waals surface area (Å²) in [4.78, 5) is 11.4. The normalized spacial score (nSPS) is 14.9. The zero-order valence-corrected chi connectivity index (χ0v) is 12.3. The number of amides is 1. The molecular formula is C13H19NO5S. The van der Waals surface area contributed by atoms with Gasteiger partial charge in [0.05, 0.1) is 12.4 Å². The van der Waals surface area contributed by atoms with Gasteiger partial charge in [-0.2, -0.15) is 8.42 Å². The summed E-state index contributed by atoms with van der Waals surface area (Å²) in [7, 11) is -3.67. The Labute approximate surface area is 118 Å². The predicted octanol–water partition coefficient (Wildman–Crippen LogP) is 1.27. The molecular weight excluding hydrogens is 282 g/mol. The summed E-state index contributed by atoms with van der Waals surface area (Å²) in [6.07, 6.45) is 1.95. The first-order valence-electron chi connectivity index (χ1n) is 6.24. The highest BCUT2D eigenvalue weighted by Gasteiger charge is 2.23. The molecule has 1 heterocycles. The van der Waals surface area contributed by atoms with E-state index in [-0.39, 0.29) is 5.91 Å². The van der Waals surface area contributed by atoms with Crippen LogP contribution in [0.4, 0.5) is 0 Å². The van der Waals surface area contributed by atoms with Crippen LogP contribution < -0.4 is 5.32 Å². The third-order valence-electron chi connectivity index (χ3n) is 2.80. The molecule has 0 aromatic heterocycles. The first kappa shape index (κ1) is 16.6. The van der Waals surface area contributed by atoms with Crippen molar-refractivity contribution in [2.24, 2.45) is 0 Å². The van der Waals surface area contributed by atoms with Crippen LogP contribution in [-0.4, -0.2) is 30.2 Å². The average molecular weight is 301 g/mol. The van der Waals surface area contributed by atoms with Crippen molar-refractivity contribution in [1.29, 1.82) is 0 Å².